The van der Waals surface area contributed by atoms with Crippen LogP contribution in [-0.4, -0.2) is 41.7 Å². The zero-order chi connectivity index (χ0) is 18.3. The average Bonchev–Trinajstić information content (AvgIpc) is 3.03. The van der Waals surface area contributed by atoms with Crippen LogP contribution in [0.1, 0.15) is 32.4 Å². The number of hydrogen-bond donors (Lipinski definition) is 0. The minimum absolute atomic E-state index is 0.0611. The predicted octanol–water partition coefficient (Wildman–Crippen LogP) is 2.63. The van der Waals surface area contributed by atoms with Gasteiger partial charge in [0.1, 0.15) is 18.5 Å². The summed E-state index contributed by atoms with van der Waals surface area (Å²) in [6.07, 6.45) is -3.97. The molecule has 0 aliphatic heterocycles. The maximum atomic E-state index is 13.5. The maximum Gasteiger partial charge on any atom is 0.461 e. The van der Waals surface area contributed by atoms with Gasteiger partial charge in [0.15, 0.2) is 0 Å². The fourth-order valence-corrected chi connectivity index (χ4v) is 1.75. The van der Waals surface area contributed by atoms with Crippen LogP contribution in [0.4, 0.5) is 26.7 Å². The number of carbonyl (C=O) groups excluding carboxylic acids is 1. The third kappa shape index (κ3) is 3.41. The lowest BCUT2D eigenvalue weighted by Gasteiger charge is -2.17. The Morgan fingerprint density at radius 2 is 1.79 bits per heavy atom. The maximum absolute atomic E-state index is 13.5. The first-order valence-corrected chi connectivity index (χ1v) is 6.63. The Kier molecular flexibility index (Phi) is 4.19. The second kappa shape index (κ2) is 5.60. The van der Waals surface area contributed by atoms with Gasteiger partial charge in [-0.25, -0.2) is 14.8 Å². The highest BCUT2D eigenvalue weighted by Crippen LogP contribution is 2.42. The molecule has 0 saturated heterocycles. The Balaban J connectivity index is 2.54. The lowest BCUT2D eigenvalue weighted by molar-refractivity contribution is -0.292. The van der Waals surface area contributed by atoms with Crippen molar-refractivity contribution in [2.75, 3.05) is 0 Å². The summed E-state index contributed by atoms with van der Waals surface area (Å²) in [5.41, 5.74) is -0.543. The molecule has 0 bridgehead atoms. The van der Waals surface area contributed by atoms with E-state index < -0.39 is 29.4 Å². The zero-order valence-electron chi connectivity index (χ0n) is 12.8. The third-order valence-corrected chi connectivity index (χ3v) is 2.80. The molecule has 24 heavy (non-hydrogen) atoms. The van der Waals surface area contributed by atoms with Crippen molar-refractivity contribution in [1.29, 1.82) is 0 Å². The van der Waals surface area contributed by atoms with Gasteiger partial charge >= 0.3 is 18.1 Å². The molecule has 0 aliphatic carbocycles. The van der Waals surface area contributed by atoms with E-state index in [0.29, 0.717) is 9.36 Å². The molecular formula is C12H13F5N6O. The number of rotatable bonds is 2. The van der Waals surface area contributed by atoms with Crippen LogP contribution in [0.15, 0.2) is 12.7 Å². The van der Waals surface area contributed by atoms with Crippen LogP contribution in [0.3, 0.4) is 0 Å². The summed E-state index contributed by atoms with van der Waals surface area (Å²) in [5, 5.41) is 6.59. The molecule has 0 saturated carbocycles. The van der Waals surface area contributed by atoms with Crippen molar-refractivity contribution in [3.63, 3.8) is 0 Å². The highest BCUT2D eigenvalue weighted by Gasteiger charge is 2.62. The molecule has 0 N–H and O–H groups in total. The van der Waals surface area contributed by atoms with Crippen LogP contribution in [0.25, 0.3) is 0 Å². The molecule has 2 heterocycles. The van der Waals surface area contributed by atoms with Gasteiger partial charge in [0.25, 0.3) is 0 Å². The Morgan fingerprint density at radius 1 is 1.17 bits per heavy atom. The van der Waals surface area contributed by atoms with Crippen LogP contribution in [0.2, 0.25) is 0 Å². The quantitative estimate of drug-likeness (QED) is 0.777. The Bertz CT molecular complexity index is 728. The lowest BCUT2D eigenvalue weighted by atomic mass is 9.92. The number of alkyl halides is 5. The number of nitrogens with zero attached hydrogens (tertiary/aromatic N) is 6. The lowest BCUT2D eigenvalue weighted by Crippen LogP contribution is -2.35. The van der Waals surface area contributed by atoms with Gasteiger partial charge in [0, 0.05) is 6.42 Å². The SMILES string of the molecule is CC(C)(C)Cc1nc(C(F)(F)C(F)(F)F)nn1C(=O)n1cncn1. The Hall–Kier alpha value is -2.40. The number of aromatic nitrogens is 6. The van der Waals surface area contributed by atoms with Crippen molar-refractivity contribution in [2.45, 2.75) is 39.3 Å². The molecule has 0 fully saturated rings. The number of hydrogen-bond acceptors (Lipinski definition) is 5. The summed E-state index contributed by atoms with van der Waals surface area (Å²) in [6.45, 7) is 5.11. The summed E-state index contributed by atoms with van der Waals surface area (Å²) in [7, 11) is 0. The molecule has 0 spiro atoms. The first-order chi connectivity index (χ1) is 10.8. The molecule has 12 heteroatoms. The summed E-state index contributed by atoms with van der Waals surface area (Å²) < 4.78 is 65.6. The summed E-state index contributed by atoms with van der Waals surface area (Å²) in [6, 6.07) is -1.07. The van der Waals surface area contributed by atoms with Crippen LogP contribution >= 0.6 is 0 Å². The topological polar surface area (TPSA) is 78.5 Å². The third-order valence-electron chi connectivity index (χ3n) is 2.80. The van der Waals surface area contributed by atoms with Crippen LogP contribution in [-0.2, 0) is 12.3 Å². The van der Waals surface area contributed by atoms with Gasteiger partial charge in [-0.2, -0.15) is 36.4 Å². The molecule has 7 nitrogen and oxygen atoms in total. The molecule has 0 amide bonds. The van der Waals surface area contributed by atoms with E-state index in [1.54, 1.807) is 20.8 Å². The molecule has 2 aromatic rings. The van der Waals surface area contributed by atoms with E-state index in [2.05, 4.69) is 20.2 Å². The summed E-state index contributed by atoms with van der Waals surface area (Å²) >= 11 is 0. The van der Waals surface area contributed by atoms with Gasteiger partial charge < -0.3 is 0 Å². The summed E-state index contributed by atoms with van der Waals surface area (Å²) in [5.74, 6) is -7.40. The second-order valence-corrected chi connectivity index (χ2v) is 6.20. The van der Waals surface area contributed by atoms with Crippen LogP contribution in [0, 0.1) is 5.41 Å². The molecule has 0 aliphatic rings. The Morgan fingerprint density at radius 3 is 2.25 bits per heavy atom. The van der Waals surface area contributed by atoms with Gasteiger partial charge in [-0.3, -0.25) is 0 Å². The molecule has 132 valence electrons. The fourth-order valence-electron chi connectivity index (χ4n) is 1.75. The van der Waals surface area contributed by atoms with Gasteiger partial charge in [-0.1, -0.05) is 20.8 Å². The highest BCUT2D eigenvalue weighted by molar-refractivity contribution is 5.77. The van der Waals surface area contributed by atoms with Gasteiger partial charge in [0.2, 0.25) is 5.82 Å². The highest BCUT2D eigenvalue weighted by atomic mass is 19.4. The smallest absolute Gasteiger partial charge is 0.243 e. The summed E-state index contributed by atoms with van der Waals surface area (Å²) in [4.78, 5) is 19.0. The van der Waals surface area contributed by atoms with Crippen LogP contribution in [0.5, 0.6) is 0 Å². The molecule has 0 aromatic carbocycles. The number of carbonyl (C=O) groups is 1. The normalized spacial score (nSPS) is 13.3. The largest absolute Gasteiger partial charge is 0.461 e. The molecule has 0 atom stereocenters. The zero-order valence-corrected chi connectivity index (χ0v) is 12.8. The van der Waals surface area contributed by atoms with Crippen LogP contribution < -0.4 is 0 Å². The van der Waals surface area contributed by atoms with Crippen molar-refractivity contribution >= 4 is 6.03 Å². The van der Waals surface area contributed by atoms with Gasteiger partial charge in [-0.15, -0.1) is 5.10 Å². The molecular weight excluding hydrogens is 339 g/mol. The molecule has 0 radical (unpaired) electrons. The van der Waals surface area contributed by atoms with E-state index in [1.165, 1.54) is 0 Å². The van der Waals surface area contributed by atoms with Crippen molar-refractivity contribution in [1.82, 2.24) is 29.5 Å². The molecule has 0 unspecified atom stereocenters. The first kappa shape index (κ1) is 17.9. The second-order valence-electron chi connectivity index (χ2n) is 6.20. The molecule has 2 aromatic heterocycles. The van der Waals surface area contributed by atoms with Gasteiger partial charge in [0.05, 0.1) is 0 Å². The van der Waals surface area contributed by atoms with E-state index in [1.807, 2.05) is 0 Å². The standard InChI is InChI=1S/C12H13F5N6O/c1-10(2,3)4-7-20-8(11(13,14)12(15,16)17)21-23(7)9(24)22-6-18-5-19-22/h5-6H,4H2,1-3H3. The van der Waals surface area contributed by atoms with E-state index in [-0.39, 0.29) is 12.2 Å². The Labute approximate surface area is 132 Å². The van der Waals surface area contributed by atoms with E-state index in [4.69, 9.17) is 0 Å². The van der Waals surface area contributed by atoms with Crippen molar-refractivity contribution in [2.24, 2.45) is 5.41 Å². The van der Waals surface area contributed by atoms with Gasteiger partial charge in [-0.05, 0) is 5.41 Å². The average molecular weight is 352 g/mol. The van der Waals surface area contributed by atoms with Crippen molar-refractivity contribution < 1.29 is 26.7 Å². The van der Waals surface area contributed by atoms with E-state index >= 15 is 0 Å². The minimum Gasteiger partial charge on any atom is -0.243 e. The molecule has 2 rings (SSSR count). The van der Waals surface area contributed by atoms with E-state index in [9.17, 15) is 26.7 Å². The van der Waals surface area contributed by atoms with E-state index in [0.717, 1.165) is 12.7 Å². The minimum atomic E-state index is -5.88. The fraction of sp³-hybridized carbons (Fsp3) is 0.583. The van der Waals surface area contributed by atoms with Crippen molar-refractivity contribution in [3.8, 4) is 0 Å². The monoisotopic (exact) mass is 352 g/mol. The predicted molar refractivity (Wildman–Crippen MR) is 69.3 cm³/mol. The first-order valence-electron chi connectivity index (χ1n) is 6.63. The van der Waals surface area contributed by atoms with Crippen molar-refractivity contribution in [3.05, 3.63) is 24.3 Å². The number of halogens is 5.